The molecule has 6 nitrogen and oxygen atoms in total. The second-order valence-corrected chi connectivity index (χ2v) is 3.25. The van der Waals surface area contributed by atoms with E-state index >= 15 is 0 Å². The van der Waals surface area contributed by atoms with Crippen LogP contribution in [0.4, 0.5) is 0 Å². The lowest BCUT2D eigenvalue weighted by Gasteiger charge is -2.14. The number of esters is 1. The third-order valence-corrected chi connectivity index (χ3v) is 2.38. The zero-order valence-corrected chi connectivity index (χ0v) is 9.60. The van der Waals surface area contributed by atoms with Gasteiger partial charge in [-0.25, -0.2) is 4.79 Å². The molecule has 0 fully saturated rings. The zero-order chi connectivity index (χ0) is 13.2. The van der Waals surface area contributed by atoms with Crippen molar-refractivity contribution in [2.75, 3.05) is 14.2 Å². The van der Waals surface area contributed by atoms with Crippen molar-refractivity contribution in [3.63, 3.8) is 0 Å². The van der Waals surface area contributed by atoms with Gasteiger partial charge in [0.2, 0.25) is 0 Å². The van der Waals surface area contributed by atoms with Crippen molar-refractivity contribution in [2.45, 2.75) is 6.92 Å². The molecule has 0 aliphatic heterocycles. The van der Waals surface area contributed by atoms with E-state index in [1.165, 1.54) is 14.0 Å². The van der Waals surface area contributed by atoms with Gasteiger partial charge in [0.1, 0.15) is 22.8 Å². The minimum atomic E-state index is -0.936. The summed E-state index contributed by atoms with van der Waals surface area (Å²) in [6.45, 7) is 1.45. The topological polar surface area (TPSA) is 93.1 Å². The second-order valence-electron chi connectivity index (χ2n) is 3.25. The lowest BCUT2D eigenvalue weighted by molar-refractivity contribution is 0.0593. The van der Waals surface area contributed by atoms with Gasteiger partial charge >= 0.3 is 5.97 Å². The van der Waals surface area contributed by atoms with Crippen LogP contribution in [-0.4, -0.2) is 36.7 Å². The van der Waals surface area contributed by atoms with Crippen LogP contribution in [0.1, 0.15) is 26.3 Å². The van der Waals surface area contributed by atoms with Gasteiger partial charge in [-0.1, -0.05) is 0 Å². The van der Waals surface area contributed by atoms with E-state index in [1.54, 1.807) is 0 Å². The molecule has 92 valence electrons. The summed E-state index contributed by atoms with van der Waals surface area (Å²) in [5.41, 5.74) is -0.482. The van der Waals surface area contributed by atoms with Crippen molar-refractivity contribution in [1.29, 1.82) is 0 Å². The molecule has 0 heterocycles. The van der Waals surface area contributed by atoms with E-state index in [-0.39, 0.29) is 16.9 Å². The second kappa shape index (κ2) is 4.73. The Morgan fingerprint density at radius 2 is 1.82 bits per heavy atom. The summed E-state index contributed by atoms with van der Waals surface area (Å²) in [6, 6.07) is 0. The third-order valence-electron chi connectivity index (χ3n) is 2.38. The Bertz CT molecular complexity index is 478. The number of phenolic OH excluding ortho intramolecular Hbond substituents is 2. The van der Waals surface area contributed by atoms with Gasteiger partial charge < -0.3 is 19.7 Å². The fraction of sp³-hybridized carbons (Fsp3) is 0.273. The number of aldehydes is 1. The molecule has 17 heavy (non-hydrogen) atoms. The monoisotopic (exact) mass is 240 g/mol. The largest absolute Gasteiger partial charge is 0.506 e. The molecule has 0 atom stereocenters. The van der Waals surface area contributed by atoms with Crippen LogP contribution in [-0.2, 0) is 4.74 Å². The number of phenols is 2. The molecule has 0 aliphatic rings. The van der Waals surface area contributed by atoms with Crippen LogP contribution >= 0.6 is 0 Å². The minimum Gasteiger partial charge on any atom is -0.506 e. The molecule has 2 N–H and O–H groups in total. The van der Waals surface area contributed by atoms with Crippen molar-refractivity contribution in [3.8, 4) is 17.2 Å². The van der Waals surface area contributed by atoms with E-state index in [9.17, 15) is 19.8 Å². The summed E-state index contributed by atoms with van der Waals surface area (Å²) < 4.78 is 9.30. The Labute approximate surface area is 97.4 Å². The van der Waals surface area contributed by atoms with Crippen molar-refractivity contribution >= 4 is 12.3 Å². The van der Waals surface area contributed by atoms with Crippen LogP contribution in [0.2, 0.25) is 0 Å². The molecule has 0 radical (unpaired) electrons. The average Bonchev–Trinajstić information content (AvgIpc) is 2.33. The lowest BCUT2D eigenvalue weighted by atomic mass is 10.0. The number of hydrogen-bond acceptors (Lipinski definition) is 6. The lowest BCUT2D eigenvalue weighted by Crippen LogP contribution is -2.06. The highest BCUT2D eigenvalue weighted by atomic mass is 16.5. The molecule has 6 heteroatoms. The highest BCUT2D eigenvalue weighted by Crippen LogP contribution is 2.41. The number of aromatic hydroxyl groups is 2. The first-order chi connectivity index (χ1) is 7.99. The molecule has 0 spiro atoms. The summed E-state index contributed by atoms with van der Waals surface area (Å²) in [5, 5.41) is 19.5. The van der Waals surface area contributed by atoms with Gasteiger partial charge in [-0.05, 0) is 6.92 Å². The fourth-order valence-electron chi connectivity index (χ4n) is 1.52. The van der Waals surface area contributed by atoms with Crippen LogP contribution < -0.4 is 4.74 Å². The van der Waals surface area contributed by atoms with Crippen molar-refractivity contribution < 1.29 is 29.3 Å². The Morgan fingerprint density at radius 1 is 1.24 bits per heavy atom. The summed E-state index contributed by atoms with van der Waals surface area (Å²) in [4.78, 5) is 22.2. The standard InChI is InChI=1S/C11H12O6/c1-5-8(13)7(11(15)17-3)9(14)6(4-12)10(5)16-2/h4,13-14H,1-3H3. The normalized spacial score (nSPS) is 9.82. The van der Waals surface area contributed by atoms with Gasteiger partial charge in [0.15, 0.2) is 6.29 Å². The number of carbonyl (C=O) groups excluding carboxylic acids is 2. The molecule has 1 rings (SSSR count). The molecule has 1 aromatic rings. The first kappa shape index (κ1) is 12.8. The molecule has 0 amide bonds. The third kappa shape index (κ3) is 1.89. The molecule has 0 aromatic heterocycles. The van der Waals surface area contributed by atoms with Crippen LogP contribution in [0.3, 0.4) is 0 Å². The Hall–Kier alpha value is -2.24. The number of benzene rings is 1. The van der Waals surface area contributed by atoms with Gasteiger partial charge in [-0.15, -0.1) is 0 Å². The maximum absolute atomic E-state index is 11.4. The van der Waals surface area contributed by atoms with E-state index in [4.69, 9.17) is 4.74 Å². The fourth-order valence-corrected chi connectivity index (χ4v) is 1.52. The first-order valence-electron chi connectivity index (χ1n) is 4.65. The van der Waals surface area contributed by atoms with Gasteiger partial charge in [0, 0.05) is 5.56 Å². The number of ether oxygens (including phenoxy) is 2. The number of hydrogen-bond donors (Lipinski definition) is 2. The number of methoxy groups -OCH3 is 2. The molecule has 0 aliphatic carbocycles. The van der Waals surface area contributed by atoms with E-state index in [0.717, 1.165) is 7.11 Å². The summed E-state index contributed by atoms with van der Waals surface area (Å²) in [6.07, 6.45) is 0.340. The SMILES string of the molecule is COC(=O)c1c(O)c(C)c(OC)c(C=O)c1O. The Kier molecular flexibility index (Phi) is 3.57. The van der Waals surface area contributed by atoms with Gasteiger partial charge in [0.25, 0.3) is 0 Å². The maximum atomic E-state index is 11.4. The summed E-state index contributed by atoms with van der Waals surface area (Å²) in [5.74, 6) is -2.06. The smallest absolute Gasteiger partial charge is 0.345 e. The quantitative estimate of drug-likeness (QED) is 0.605. The number of rotatable bonds is 3. The molecule has 0 saturated carbocycles. The molecule has 1 aromatic carbocycles. The van der Waals surface area contributed by atoms with E-state index in [2.05, 4.69) is 4.74 Å². The summed E-state index contributed by atoms with van der Waals surface area (Å²) in [7, 11) is 2.38. The van der Waals surface area contributed by atoms with Crippen LogP contribution in [0, 0.1) is 6.92 Å². The Morgan fingerprint density at radius 3 is 2.24 bits per heavy atom. The maximum Gasteiger partial charge on any atom is 0.345 e. The average molecular weight is 240 g/mol. The highest BCUT2D eigenvalue weighted by molar-refractivity contribution is 6.01. The molecular weight excluding hydrogens is 228 g/mol. The first-order valence-corrected chi connectivity index (χ1v) is 4.65. The molecule has 0 unspecified atom stereocenters. The van der Waals surface area contributed by atoms with Crippen LogP contribution in [0.5, 0.6) is 17.2 Å². The predicted molar refractivity (Wildman–Crippen MR) is 57.8 cm³/mol. The van der Waals surface area contributed by atoms with Gasteiger partial charge in [-0.3, -0.25) is 4.79 Å². The minimum absolute atomic E-state index is 0.0163. The molecule has 0 bridgehead atoms. The highest BCUT2D eigenvalue weighted by Gasteiger charge is 2.26. The van der Waals surface area contributed by atoms with E-state index in [0.29, 0.717) is 6.29 Å². The van der Waals surface area contributed by atoms with Crippen molar-refractivity contribution in [2.24, 2.45) is 0 Å². The van der Waals surface area contributed by atoms with Gasteiger partial charge in [0.05, 0.1) is 19.8 Å². The van der Waals surface area contributed by atoms with Crippen LogP contribution in [0.15, 0.2) is 0 Å². The van der Waals surface area contributed by atoms with E-state index < -0.39 is 23.0 Å². The van der Waals surface area contributed by atoms with Crippen molar-refractivity contribution in [1.82, 2.24) is 0 Å². The Balaban J connectivity index is 3.70. The predicted octanol–water partition coefficient (Wildman–Crippen LogP) is 1.01. The molecule has 0 saturated heterocycles. The van der Waals surface area contributed by atoms with Gasteiger partial charge in [-0.2, -0.15) is 0 Å². The van der Waals surface area contributed by atoms with Crippen LogP contribution in [0.25, 0.3) is 0 Å². The number of carbonyl (C=O) groups is 2. The van der Waals surface area contributed by atoms with E-state index in [1.807, 2.05) is 0 Å². The molecular formula is C11H12O6. The summed E-state index contributed by atoms with van der Waals surface area (Å²) >= 11 is 0. The van der Waals surface area contributed by atoms with Crippen molar-refractivity contribution in [3.05, 3.63) is 16.7 Å². The zero-order valence-electron chi connectivity index (χ0n) is 9.60.